The van der Waals surface area contributed by atoms with Crippen LogP contribution in [0.2, 0.25) is 0 Å². The maximum absolute atomic E-state index is 12.2. The molecule has 3 aromatic rings. The first kappa shape index (κ1) is 19.6. The Morgan fingerprint density at radius 1 is 1.07 bits per heavy atom. The van der Waals surface area contributed by atoms with Crippen LogP contribution in [0.3, 0.4) is 0 Å². The highest BCUT2D eigenvalue weighted by atomic mass is 32.1. The van der Waals surface area contributed by atoms with E-state index in [9.17, 15) is 9.59 Å². The van der Waals surface area contributed by atoms with Gasteiger partial charge in [0.15, 0.2) is 0 Å². The standard InChI is InChI=1S/C23H18N4O2S/c24-15-23(10-11-23)27-21(29)14-25-20(28)13-22-26-18-12-17(8-9-19(18)30-22)7-6-16-4-2-1-3-5-16/h1-5,8-9,12H,10-11,13-14H2,(H,25,28)(H,27,29). The predicted molar refractivity (Wildman–Crippen MR) is 114 cm³/mol. The number of nitrogens with zero attached hydrogens (tertiary/aromatic N) is 2. The zero-order valence-corrected chi connectivity index (χ0v) is 16.9. The van der Waals surface area contributed by atoms with Crippen LogP contribution in [-0.2, 0) is 16.0 Å². The first-order valence-corrected chi connectivity index (χ1v) is 10.3. The summed E-state index contributed by atoms with van der Waals surface area (Å²) in [6.45, 7) is -0.146. The summed E-state index contributed by atoms with van der Waals surface area (Å²) in [4.78, 5) is 28.5. The van der Waals surface area contributed by atoms with E-state index < -0.39 is 5.54 Å². The van der Waals surface area contributed by atoms with Gasteiger partial charge in [0, 0.05) is 11.1 Å². The van der Waals surface area contributed by atoms with Gasteiger partial charge in [0.2, 0.25) is 11.8 Å². The SMILES string of the molecule is N#CC1(NC(=O)CNC(=O)Cc2nc3cc(C#Cc4ccccc4)ccc3s2)CC1. The molecule has 1 heterocycles. The highest BCUT2D eigenvalue weighted by Gasteiger charge is 2.44. The van der Waals surface area contributed by atoms with Crippen LogP contribution in [0.1, 0.15) is 29.0 Å². The Labute approximate surface area is 177 Å². The van der Waals surface area contributed by atoms with Crippen molar-refractivity contribution in [3.63, 3.8) is 0 Å². The molecule has 1 aromatic heterocycles. The number of carbonyl (C=O) groups excluding carboxylic acids is 2. The number of aromatic nitrogens is 1. The molecule has 1 saturated carbocycles. The third-order valence-electron chi connectivity index (χ3n) is 4.66. The average molecular weight is 414 g/mol. The molecule has 0 saturated heterocycles. The Kier molecular flexibility index (Phi) is 5.47. The lowest BCUT2D eigenvalue weighted by atomic mass is 10.2. The van der Waals surface area contributed by atoms with E-state index in [4.69, 9.17) is 5.26 Å². The molecule has 1 aliphatic carbocycles. The number of nitriles is 1. The van der Waals surface area contributed by atoms with Crippen molar-refractivity contribution in [2.45, 2.75) is 24.8 Å². The van der Waals surface area contributed by atoms with Gasteiger partial charge in [-0.15, -0.1) is 11.3 Å². The van der Waals surface area contributed by atoms with Gasteiger partial charge in [-0.3, -0.25) is 9.59 Å². The number of hydrogen-bond donors (Lipinski definition) is 2. The summed E-state index contributed by atoms with van der Waals surface area (Å²) >= 11 is 1.44. The molecular weight excluding hydrogens is 396 g/mol. The highest BCUT2D eigenvalue weighted by molar-refractivity contribution is 7.18. The van der Waals surface area contributed by atoms with E-state index in [1.165, 1.54) is 11.3 Å². The van der Waals surface area contributed by atoms with Gasteiger partial charge >= 0.3 is 0 Å². The molecule has 148 valence electrons. The number of nitrogens with one attached hydrogen (secondary N) is 2. The minimum atomic E-state index is -0.726. The normalized spacial score (nSPS) is 13.6. The van der Waals surface area contributed by atoms with Crippen molar-refractivity contribution < 1.29 is 9.59 Å². The lowest BCUT2D eigenvalue weighted by Crippen LogP contribution is -2.43. The van der Waals surface area contributed by atoms with Crippen molar-refractivity contribution in [1.82, 2.24) is 15.6 Å². The highest BCUT2D eigenvalue weighted by Crippen LogP contribution is 2.34. The van der Waals surface area contributed by atoms with Crippen LogP contribution in [0.5, 0.6) is 0 Å². The van der Waals surface area contributed by atoms with Gasteiger partial charge in [0.25, 0.3) is 0 Å². The Balaban J connectivity index is 1.35. The minimum absolute atomic E-state index is 0.0983. The van der Waals surface area contributed by atoms with Crippen LogP contribution in [0, 0.1) is 23.2 Å². The Hall–Kier alpha value is -3.68. The molecule has 0 bridgehead atoms. The Bertz CT molecular complexity index is 1210. The molecule has 6 nitrogen and oxygen atoms in total. The summed E-state index contributed by atoms with van der Waals surface area (Å²) in [7, 11) is 0. The van der Waals surface area contributed by atoms with Gasteiger partial charge in [0.1, 0.15) is 10.5 Å². The number of fused-ring (bicyclic) bond motifs is 1. The molecular formula is C23H18N4O2S. The monoisotopic (exact) mass is 414 g/mol. The molecule has 4 rings (SSSR count). The fraction of sp³-hybridized carbons (Fsp3) is 0.217. The summed E-state index contributed by atoms with van der Waals surface area (Å²) in [5, 5.41) is 14.9. The molecule has 0 aliphatic heterocycles. The molecule has 0 unspecified atom stereocenters. The van der Waals surface area contributed by atoms with Gasteiger partial charge in [-0.1, -0.05) is 30.0 Å². The third-order valence-corrected chi connectivity index (χ3v) is 5.69. The van der Waals surface area contributed by atoms with E-state index in [1.54, 1.807) is 0 Å². The summed E-state index contributed by atoms with van der Waals surface area (Å²) in [6.07, 6.45) is 1.42. The lowest BCUT2D eigenvalue weighted by Gasteiger charge is -2.09. The molecule has 30 heavy (non-hydrogen) atoms. The summed E-state index contributed by atoms with van der Waals surface area (Å²) in [5.74, 6) is 5.62. The van der Waals surface area contributed by atoms with Gasteiger partial charge < -0.3 is 10.6 Å². The van der Waals surface area contributed by atoms with E-state index in [1.807, 2.05) is 48.5 Å². The van der Waals surface area contributed by atoms with Gasteiger partial charge in [0.05, 0.1) is 29.3 Å². The predicted octanol–water partition coefficient (Wildman–Crippen LogP) is 2.53. The molecule has 2 amide bonds. The first-order valence-electron chi connectivity index (χ1n) is 9.51. The van der Waals surface area contributed by atoms with E-state index >= 15 is 0 Å². The second kappa shape index (κ2) is 8.36. The Morgan fingerprint density at radius 3 is 2.57 bits per heavy atom. The zero-order valence-electron chi connectivity index (χ0n) is 16.1. The number of hydrogen-bond acceptors (Lipinski definition) is 5. The van der Waals surface area contributed by atoms with Crippen molar-refractivity contribution >= 4 is 33.4 Å². The number of benzene rings is 2. The summed E-state index contributed by atoms with van der Waals surface area (Å²) in [6, 6.07) is 17.6. The van der Waals surface area contributed by atoms with Crippen molar-refractivity contribution in [3.8, 4) is 17.9 Å². The quantitative estimate of drug-likeness (QED) is 0.627. The first-order chi connectivity index (χ1) is 14.5. The van der Waals surface area contributed by atoms with Gasteiger partial charge in [-0.25, -0.2) is 4.98 Å². The zero-order chi connectivity index (χ0) is 21.0. The van der Waals surface area contributed by atoms with Gasteiger partial charge in [-0.2, -0.15) is 5.26 Å². The number of carbonyl (C=O) groups is 2. The topological polar surface area (TPSA) is 94.9 Å². The summed E-state index contributed by atoms with van der Waals surface area (Å²) in [5.41, 5.74) is 1.87. The van der Waals surface area contributed by atoms with E-state index in [0.717, 1.165) is 21.3 Å². The van der Waals surface area contributed by atoms with E-state index in [-0.39, 0.29) is 24.8 Å². The molecule has 1 aliphatic rings. The van der Waals surface area contributed by atoms with Crippen LogP contribution in [0.4, 0.5) is 0 Å². The molecule has 2 aromatic carbocycles. The second-order valence-electron chi connectivity index (χ2n) is 7.10. The number of thiazole rings is 1. The van der Waals surface area contributed by atoms with E-state index in [2.05, 4.69) is 33.5 Å². The number of rotatable bonds is 5. The molecule has 0 spiro atoms. The summed E-state index contributed by atoms with van der Waals surface area (Å²) < 4.78 is 0.977. The largest absolute Gasteiger partial charge is 0.347 e. The van der Waals surface area contributed by atoms with Crippen LogP contribution in [0.25, 0.3) is 10.2 Å². The third kappa shape index (κ3) is 4.83. The smallest absolute Gasteiger partial charge is 0.240 e. The molecule has 1 fully saturated rings. The fourth-order valence-electron chi connectivity index (χ4n) is 2.87. The molecule has 2 N–H and O–H groups in total. The molecule has 0 radical (unpaired) electrons. The maximum atomic E-state index is 12.2. The molecule has 0 atom stereocenters. The minimum Gasteiger partial charge on any atom is -0.347 e. The fourth-order valence-corrected chi connectivity index (χ4v) is 3.82. The lowest BCUT2D eigenvalue weighted by molar-refractivity contribution is -0.126. The van der Waals surface area contributed by atoms with Gasteiger partial charge in [-0.05, 0) is 43.2 Å². The van der Waals surface area contributed by atoms with Crippen LogP contribution in [-0.4, -0.2) is 28.9 Å². The van der Waals surface area contributed by atoms with Crippen molar-refractivity contribution in [2.75, 3.05) is 6.54 Å². The van der Waals surface area contributed by atoms with E-state index in [0.29, 0.717) is 17.8 Å². The van der Waals surface area contributed by atoms with Crippen LogP contribution < -0.4 is 10.6 Å². The maximum Gasteiger partial charge on any atom is 0.240 e. The van der Waals surface area contributed by atoms with Crippen molar-refractivity contribution in [3.05, 3.63) is 64.7 Å². The van der Waals surface area contributed by atoms with Crippen molar-refractivity contribution in [1.29, 1.82) is 5.26 Å². The van der Waals surface area contributed by atoms with Crippen LogP contribution in [0.15, 0.2) is 48.5 Å². The second-order valence-corrected chi connectivity index (χ2v) is 8.22. The molecule has 7 heteroatoms. The van der Waals surface area contributed by atoms with Crippen LogP contribution >= 0.6 is 11.3 Å². The Morgan fingerprint density at radius 2 is 1.83 bits per heavy atom. The average Bonchev–Trinajstić information content (AvgIpc) is 3.41. The van der Waals surface area contributed by atoms with Crippen molar-refractivity contribution in [2.24, 2.45) is 0 Å². The number of amides is 2.